The largest absolute Gasteiger partial charge is 0.322 e. The summed E-state index contributed by atoms with van der Waals surface area (Å²) >= 11 is 0. The van der Waals surface area contributed by atoms with E-state index in [9.17, 15) is 13.2 Å². The molecule has 2 saturated heterocycles. The number of Topliss-reactive ketones (excluding diaryl/α,β-unsaturated/α-hetero) is 1. The van der Waals surface area contributed by atoms with Crippen molar-refractivity contribution in [3.63, 3.8) is 0 Å². The lowest BCUT2D eigenvalue weighted by molar-refractivity contribution is -0.932. The number of fused-ring (bicyclic) bond motifs is 5. The smallest absolute Gasteiger partial charge is 0.294 e. The molecule has 1 aromatic rings. The van der Waals surface area contributed by atoms with Gasteiger partial charge in [0.2, 0.25) is 0 Å². The Morgan fingerprint density at radius 2 is 1.52 bits per heavy atom. The Labute approximate surface area is 137 Å². The van der Waals surface area contributed by atoms with Crippen molar-refractivity contribution in [1.29, 1.82) is 0 Å². The van der Waals surface area contributed by atoms with E-state index in [0.717, 1.165) is 34.7 Å². The SMILES string of the molecule is C[N+]1(C)C2CC(=O)CC1C1CC12.Cc1ccc(S(=O)(=O)O)cc1. The van der Waals surface area contributed by atoms with Gasteiger partial charge in [-0.3, -0.25) is 9.35 Å². The summed E-state index contributed by atoms with van der Waals surface area (Å²) in [5.41, 5.74) is 0.956. The molecule has 2 bridgehead atoms. The van der Waals surface area contributed by atoms with Gasteiger partial charge in [0.25, 0.3) is 10.1 Å². The lowest BCUT2D eigenvalue weighted by atomic mass is 9.95. The van der Waals surface area contributed by atoms with Gasteiger partial charge in [-0.15, -0.1) is 0 Å². The minimum absolute atomic E-state index is 0.0666. The molecule has 1 N–H and O–H groups in total. The highest BCUT2D eigenvalue weighted by atomic mass is 32.2. The molecule has 4 rings (SSSR count). The van der Waals surface area contributed by atoms with Crippen LogP contribution in [-0.2, 0) is 14.9 Å². The number of ketones is 1. The van der Waals surface area contributed by atoms with Crippen molar-refractivity contribution in [2.24, 2.45) is 11.8 Å². The molecule has 4 unspecified atom stereocenters. The van der Waals surface area contributed by atoms with Gasteiger partial charge in [0.05, 0.1) is 43.9 Å². The molecule has 3 fully saturated rings. The first-order valence-electron chi connectivity index (χ1n) is 8.00. The molecule has 3 aliphatic rings. The maximum absolute atomic E-state index is 11.4. The second kappa shape index (κ2) is 5.40. The van der Waals surface area contributed by atoms with Crippen molar-refractivity contribution in [3.8, 4) is 0 Å². The topological polar surface area (TPSA) is 71.4 Å². The number of rotatable bonds is 1. The highest BCUT2D eigenvalue weighted by molar-refractivity contribution is 7.85. The van der Waals surface area contributed by atoms with Gasteiger partial charge in [-0.25, -0.2) is 0 Å². The lowest BCUT2D eigenvalue weighted by Crippen LogP contribution is -2.57. The zero-order chi connectivity index (χ0) is 17.0. The molecule has 4 atom stereocenters. The molecular weight excluding hydrogens is 314 g/mol. The molecule has 1 aromatic carbocycles. The molecule has 5 nitrogen and oxygen atoms in total. The number of hydrogen-bond donors (Lipinski definition) is 1. The summed E-state index contributed by atoms with van der Waals surface area (Å²) < 4.78 is 30.7. The Morgan fingerprint density at radius 3 is 1.96 bits per heavy atom. The molecule has 23 heavy (non-hydrogen) atoms. The van der Waals surface area contributed by atoms with Crippen LogP contribution in [0.3, 0.4) is 0 Å². The Morgan fingerprint density at radius 1 is 1.04 bits per heavy atom. The molecule has 0 radical (unpaired) electrons. The summed E-state index contributed by atoms with van der Waals surface area (Å²) in [6.45, 7) is 1.84. The molecule has 2 aliphatic heterocycles. The van der Waals surface area contributed by atoms with Crippen molar-refractivity contribution >= 4 is 15.9 Å². The minimum Gasteiger partial charge on any atom is -0.322 e. The van der Waals surface area contributed by atoms with E-state index < -0.39 is 10.1 Å². The van der Waals surface area contributed by atoms with Crippen LogP contribution >= 0.6 is 0 Å². The van der Waals surface area contributed by atoms with Crippen molar-refractivity contribution in [2.45, 2.75) is 43.2 Å². The molecule has 2 heterocycles. The monoisotopic (exact) mass is 338 g/mol. The van der Waals surface area contributed by atoms with Gasteiger partial charge in [-0.2, -0.15) is 8.42 Å². The summed E-state index contributed by atoms with van der Waals surface area (Å²) in [5.74, 6) is 2.35. The fourth-order valence-corrected chi connectivity index (χ4v) is 4.87. The maximum atomic E-state index is 11.4. The maximum Gasteiger partial charge on any atom is 0.294 e. The van der Waals surface area contributed by atoms with Gasteiger partial charge in [0, 0.05) is 11.8 Å². The van der Waals surface area contributed by atoms with E-state index in [0.29, 0.717) is 17.9 Å². The zero-order valence-electron chi connectivity index (χ0n) is 13.8. The minimum atomic E-state index is -4.02. The van der Waals surface area contributed by atoms with Crippen LogP contribution in [-0.4, -0.2) is 49.4 Å². The predicted molar refractivity (Wildman–Crippen MR) is 86.5 cm³/mol. The van der Waals surface area contributed by atoms with Gasteiger partial charge in [0.15, 0.2) is 0 Å². The van der Waals surface area contributed by atoms with Gasteiger partial charge < -0.3 is 4.48 Å². The molecule has 126 valence electrons. The number of nitrogens with zero attached hydrogens (tertiary/aromatic N) is 1. The van der Waals surface area contributed by atoms with E-state index in [1.165, 1.54) is 18.6 Å². The number of carbonyl (C=O) groups excluding carboxylic acids is 1. The normalized spacial score (nSPS) is 33.5. The molecule has 0 spiro atoms. The average Bonchev–Trinajstić information content (AvgIpc) is 3.18. The van der Waals surface area contributed by atoms with E-state index in [1.807, 2.05) is 6.92 Å². The summed E-state index contributed by atoms with van der Waals surface area (Å²) in [5, 5.41) is 0. The van der Waals surface area contributed by atoms with Crippen LogP contribution < -0.4 is 0 Å². The second-order valence-corrected chi connectivity index (χ2v) is 8.98. The predicted octanol–water partition coefficient (Wildman–Crippen LogP) is 2.05. The van der Waals surface area contributed by atoms with Gasteiger partial charge >= 0.3 is 0 Å². The molecule has 0 aromatic heterocycles. The van der Waals surface area contributed by atoms with E-state index >= 15 is 0 Å². The number of aryl methyl sites for hydroxylation is 1. The first-order chi connectivity index (χ1) is 10.6. The van der Waals surface area contributed by atoms with Crippen LogP contribution in [0, 0.1) is 18.8 Å². The van der Waals surface area contributed by atoms with E-state index in [1.54, 1.807) is 12.1 Å². The lowest BCUT2D eigenvalue weighted by Gasteiger charge is -2.43. The first-order valence-corrected chi connectivity index (χ1v) is 9.44. The third kappa shape index (κ3) is 3.07. The number of hydrogen-bond acceptors (Lipinski definition) is 3. The summed E-state index contributed by atoms with van der Waals surface area (Å²) in [6, 6.07) is 7.35. The quantitative estimate of drug-likeness (QED) is 0.628. The number of quaternary nitrogens is 1. The molecule has 0 amide bonds. The summed E-state index contributed by atoms with van der Waals surface area (Å²) in [6.07, 6.45) is 3.15. The van der Waals surface area contributed by atoms with Gasteiger partial charge in [0.1, 0.15) is 5.78 Å². The number of piperidine rings is 2. The highest BCUT2D eigenvalue weighted by Gasteiger charge is 2.67. The van der Waals surface area contributed by atoms with Gasteiger partial charge in [-0.05, 0) is 25.5 Å². The molecule has 6 heteroatoms. The fourth-order valence-electron chi connectivity index (χ4n) is 4.39. The van der Waals surface area contributed by atoms with Crippen molar-refractivity contribution < 1.29 is 22.2 Å². The van der Waals surface area contributed by atoms with E-state index in [-0.39, 0.29) is 4.90 Å². The van der Waals surface area contributed by atoms with Crippen LogP contribution in [0.1, 0.15) is 24.8 Å². The molecular formula is C17H24NO4S+. The van der Waals surface area contributed by atoms with Crippen molar-refractivity contribution in [2.75, 3.05) is 14.1 Å². The Hall–Kier alpha value is -1.24. The summed E-state index contributed by atoms with van der Waals surface area (Å²) in [4.78, 5) is 11.3. The number of benzene rings is 1. The van der Waals surface area contributed by atoms with E-state index in [2.05, 4.69) is 14.1 Å². The number of carbonyl (C=O) groups is 1. The highest BCUT2D eigenvalue weighted by Crippen LogP contribution is 2.59. The molecule has 1 saturated carbocycles. The Balaban J connectivity index is 0.000000137. The average molecular weight is 338 g/mol. The van der Waals surface area contributed by atoms with Crippen LogP contribution in [0.5, 0.6) is 0 Å². The van der Waals surface area contributed by atoms with Gasteiger partial charge in [-0.1, -0.05) is 17.7 Å². The zero-order valence-corrected chi connectivity index (χ0v) is 14.6. The third-order valence-electron chi connectivity index (χ3n) is 5.78. The van der Waals surface area contributed by atoms with Crippen molar-refractivity contribution in [1.82, 2.24) is 0 Å². The Bertz CT molecular complexity index is 701. The van der Waals surface area contributed by atoms with Crippen LogP contribution in [0.15, 0.2) is 29.2 Å². The Kier molecular flexibility index (Phi) is 3.90. The standard InChI is InChI=1S/C10H16NO.C7H8O3S/c1-11(2)9-3-6(12)4-10(11)8-5-7(8)9;1-6-2-4-7(5-3-6)11(8,9)10/h7-10H,3-5H2,1-2H3;2-5H,1H3,(H,8,9,10)/q+1;. The van der Waals surface area contributed by atoms with Crippen LogP contribution in [0.4, 0.5) is 0 Å². The van der Waals surface area contributed by atoms with Crippen molar-refractivity contribution in [3.05, 3.63) is 29.8 Å². The second-order valence-electron chi connectivity index (χ2n) is 7.56. The summed E-state index contributed by atoms with van der Waals surface area (Å²) in [7, 11) is 0.607. The third-order valence-corrected chi connectivity index (χ3v) is 6.65. The van der Waals surface area contributed by atoms with E-state index in [4.69, 9.17) is 4.55 Å². The van der Waals surface area contributed by atoms with Crippen LogP contribution in [0.25, 0.3) is 0 Å². The first kappa shape index (κ1) is 16.6. The fraction of sp³-hybridized carbons (Fsp3) is 0.588. The molecule has 1 aliphatic carbocycles. The van der Waals surface area contributed by atoms with Crippen LogP contribution in [0.2, 0.25) is 0 Å².